The minimum atomic E-state index is -0.475. The van der Waals surface area contributed by atoms with Gasteiger partial charge in [-0.25, -0.2) is 0 Å². The first-order chi connectivity index (χ1) is 7.77. The maximum Gasteiger partial charge on any atom is 0.326 e. The second-order valence-corrected chi connectivity index (χ2v) is 4.74. The monoisotopic (exact) mass is 227 g/mol. The van der Waals surface area contributed by atoms with Crippen LogP contribution in [0.15, 0.2) is 0 Å². The number of esters is 1. The SMILES string of the molecule is CCOC(=O)C1(NCC2CC2)CCOCC1. The lowest BCUT2D eigenvalue weighted by atomic mass is 9.90. The van der Waals surface area contributed by atoms with Crippen LogP contribution in [0.3, 0.4) is 0 Å². The third kappa shape index (κ3) is 2.74. The Bertz CT molecular complexity index is 245. The first kappa shape index (κ1) is 11.9. The first-order valence-corrected chi connectivity index (χ1v) is 6.27. The maximum absolute atomic E-state index is 12.0. The molecule has 2 fully saturated rings. The number of hydrogen-bond acceptors (Lipinski definition) is 4. The summed E-state index contributed by atoms with van der Waals surface area (Å²) in [6.07, 6.45) is 4.06. The Balaban J connectivity index is 1.94. The van der Waals surface area contributed by atoms with E-state index >= 15 is 0 Å². The number of ether oxygens (including phenoxy) is 2. The van der Waals surface area contributed by atoms with Gasteiger partial charge in [-0.15, -0.1) is 0 Å². The molecule has 0 aromatic rings. The van der Waals surface area contributed by atoms with Crippen LogP contribution in [-0.4, -0.2) is 37.9 Å². The Labute approximate surface area is 96.7 Å². The van der Waals surface area contributed by atoms with Crippen LogP contribution >= 0.6 is 0 Å². The summed E-state index contributed by atoms with van der Waals surface area (Å²) in [5.41, 5.74) is -0.475. The molecule has 16 heavy (non-hydrogen) atoms. The zero-order chi connectivity index (χ0) is 11.4. The molecule has 0 amide bonds. The fourth-order valence-corrected chi connectivity index (χ4v) is 2.10. The van der Waals surface area contributed by atoms with Crippen LogP contribution in [0, 0.1) is 5.92 Å². The predicted octanol–water partition coefficient (Wildman–Crippen LogP) is 1.10. The van der Waals surface area contributed by atoms with E-state index in [1.807, 2.05) is 6.92 Å². The topological polar surface area (TPSA) is 47.6 Å². The van der Waals surface area contributed by atoms with Gasteiger partial charge in [0.25, 0.3) is 0 Å². The summed E-state index contributed by atoms with van der Waals surface area (Å²) in [7, 11) is 0. The van der Waals surface area contributed by atoms with Crippen molar-refractivity contribution in [3.8, 4) is 0 Å². The number of carbonyl (C=O) groups is 1. The van der Waals surface area contributed by atoms with Crippen LogP contribution in [-0.2, 0) is 14.3 Å². The molecule has 0 aromatic heterocycles. The molecule has 0 aromatic carbocycles. The molecular formula is C12H21NO3. The highest BCUT2D eigenvalue weighted by atomic mass is 16.5. The van der Waals surface area contributed by atoms with Gasteiger partial charge in [0.2, 0.25) is 0 Å². The van der Waals surface area contributed by atoms with Crippen molar-refractivity contribution in [2.75, 3.05) is 26.4 Å². The highest BCUT2D eigenvalue weighted by Crippen LogP contribution is 2.30. The normalized spacial score (nSPS) is 24.1. The lowest BCUT2D eigenvalue weighted by molar-refractivity contribution is -0.155. The summed E-state index contributed by atoms with van der Waals surface area (Å²) >= 11 is 0. The van der Waals surface area contributed by atoms with Gasteiger partial charge in [-0.3, -0.25) is 4.79 Å². The van der Waals surface area contributed by atoms with E-state index in [4.69, 9.17) is 9.47 Å². The van der Waals surface area contributed by atoms with E-state index < -0.39 is 5.54 Å². The van der Waals surface area contributed by atoms with E-state index in [2.05, 4.69) is 5.32 Å². The van der Waals surface area contributed by atoms with Crippen molar-refractivity contribution in [2.24, 2.45) is 5.92 Å². The van der Waals surface area contributed by atoms with Crippen molar-refractivity contribution in [1.29, 1.82) is 0 Å². The molecule has 0 bridgehead atoms. The average Bonchev–Trinajstić information content (AvgIpc) is 3.12. The Morgan fingerprint density at radius 3 is 2.69 bits per heavy atom. The van der Waals surface area contributed by atoms with E-state index in [1.165, 1.54) is 12.8 Å². The number of carbonyl (C=O) groups excluding carboxylic acids is 1. The molecule has 1 saturated heterocycles. The molecule has 0 radical (unpaired) electrons. The second-order valence-electron chi connectivity index (χ2n) is 4.74. The summed E-state index contributed by atoms with van der Waals surface area (Å²) in [4.78, 5) is 12.0. The van der Waals surface area contributed by atoms with Crippen LogP contribution < -0.4 is 5.32 Å². The van der Waals surface area contributed by atoms with E-state index in [0.717, 1.165) is 25.3 Å². The third-order valence-corrected chi connectivity index (χ3v) is 3.44. The molecule has 0 atom stereocenters. The van der Waals surface area contributed by atoms with Crippen LogP contribution in [0.1, 0.15) is 32.6 Å². The maximum atomic E-state index is 12.0. The molecule has 0 spiro atoms. The predicted molar refractivity (Wildman–Crippen MR) is 60.1 cm³/mol. The molecule has 2 aliphatic rings. The summed E-state index contributed by atoms with van der Waals surface area (Å²) in [5, 5.41) is 3.43. The number of nitrogens with one attached hydrogen (secondary N) is 1. The Morgan fingerprint density at radius 1 is 1.44 bits per heavy atom. The van der Waals surface area contributed by atoms with Gasteiger partial charge in [-0.2, -0.15) is 0 Å². The Morgan fingerprint density at radius 2 is 2.12 bits per heavy atom. The van der Waals surface area contributed by atoms with Gasteiger partial charge in [0.1, 0.15) is 5.54 Å². The molecule has 1 aliphatic heterocycles. The summed E-state index contributed by atoms with van der Waals surface area (Å²) in [6, 6.07) is 0. The standard InChI is InChI=1S/C12H21NO3/c1-2-16-11(14)12(5-7-15-8-6-12)13-9-10-3-4-10/h10,13H,2-9H2,1H3. The molecular weight excluding hydrogens is 206 g/mol. The molecule has 1 N–H and O–H groups in total. The summed E-state index contributed by atoms with van der Waals surface area (Å²) in [5.74, 6) is 0.674. The largest absolute Gasteiger partial charge is 0.465 e. The van der Waals surface area contributed by atoms with E-state index in [1.54, 1.807) is 0 Å². The van der Waals surface area contributed by atoms with Crippen molar-refractivity contribution in [2.45, 2.75) is 38.1 Å². The first-order valence-electron chi connectivity index (χ1n) is 6.27. The van der Waals surface area contributed by atoms with Crippen molar-refractivity contribution in [3.63, 3.8) is 0 Å². The van der Waals surface area contributed by atoms with E-state index in [-0.39, 0.29) is 5.97 Å². The van der Waals surface area contributed by atoms with Crippen LogP contribution in [0.2, 0.25) is 0 Å². The van der Waals surface area contributed by atoms with E-state index in [0.29, 0.717) is 19.8 Å². The third-order valence-electron chi connectivity index (χ3n) is 3.44. The number of hydrogen-bond donors (Lipinski definition) is 1. The molecule has 2 rings (SSSR count). The molecule has 4 heteroatoms. The fourth-order valence-electron chi connectivity index (χ4n) is 2.10. The lowest BCUT2D eigenvalue weighted by Gasteiger charge is -2.35. The van der Waals surface area contributed by atoms with Crippen LogP contribution in [0.5, 0.6) is 0 Å². The van der Waals surface area contributed by atoms with Crippen molar-refractivity contribution >= 4 is 5.97 Å². The van der Waals surface area contributed by atoms with Gasteiger partial charge in [0, 0.05) is 13.2 Å². The smallest absolute Gasteiger partial charge is 0.326 e. The second kappa shape index (κ2) is 5.15. The highest BCUT2D eigenvalue weighted by Gasteiger charge is 2.42. The Hall–Kier alpha value is -0.610. The number of rotatable bonds is 5. The quantitative estimate of drug-likeness (QED) is 0.714. The van der Waals surface area contributed by atoms with Gasteiger partial charge >= 0.3 is 5.97 Å². The van der Waals surface area contributed by atoms with Crippen molar-refractivity contribution in [3.05, 3.63) is 0 Å². The van der Waals surface area contributed by atoms with Crippen molar-refractivity contribution < 1.29 is 14.3 Å². The minimum absolute atomic E-state index is 0.0982. The Kier molecular flexibility index (Phi) is 3.82. The zero-order valence-corrected chi connectivity index (χ0v) is 9.96. The van der Waals surface area contributed by atoms with E-state index in [9.17, 15) is 4.79 Å². The molecule has 92 valence electrons. The fraction of sp³-hybridized carbons (Fsp3) is 0.917. The van der Waals surface area contributed by atoms with Gasteiger partial charge in [-0.05, 0) is 45.1 Å². The lowest BCUT2D eigenvalue weighted by Crippen LogP contribution is -2.56. The minimum Gasteiger partial charge on any atom is -0.465 e. The van der Waals surface area contributed by atoms with Gasteiger partial charge in [0.05, 0.1) is 6.61 Å². The van der Waals surface area contributed by atoms with Gasteiger partial charge < -0.3 is 14.8 Å². The van der Waals surface area contributed by atoms with Gasteiger partial charge in [-0.1, -0.05) is 0 Å². The van der Waals surface area contributed by atoms with Crippen molar-refractivity contribution in [1.82, 2.24) is 5.32 Å². The van der Waals surface area contributed by atoms with Gasteiger partial charge in [0.15, 0.2) is 0 Å². The summed E-state index contributed by atoms with van der Waals surface area (Å²) < 4.78 is 10.5. The summed E-state index contributed by atoms with van der Waals surface area (Å²) in [6.45, 7) is 4.55. The molecule has 1 saturated carbocycles. The highest BCUT2D eigenvalue weighted by molar-refractivity contribution is 5.81. The molecule has 1 heterocycles. The molecule has 0 unspecified atom stereocenters. The van der Waals surface area contributed by atoms with Crippen LogP contribution in [0.25, 0.3) is 0 Å². The molecule has 1 aliphatic carbocycles. The van der Waals surface area contributed by atoms with Crippen LogP contribution in [0.4, 0.5) is 0 Å². The average molecular weight is 227 g/mol. The zero-order valence-electron chi connectivity index (χ0n) is 9.96. The molecule has 4 nitrogen and oxygen atoms in total.